The third kappa shape index (κ3) is 5.69. The highest BCUT2D eigenvalue weighted by molar-refractivity contribution is 5.37. The van der Waals surface area contributed by atoms with Crippen LogP contribution in [0.4, 0.5) is 0 Å². The number of benzene rings is 2. The van der Waals surface area contributed by atoms with Gasteiger partial charge >= 0.3 is 0 Å². The Labute approximate surface area is 144 Å². The fourth-order valence-corrected chi connectivity index (χ4v) is 2.35. The minimum Gasteiger partial charge on any atom is -0.489 e. The molecule has 0 amide bonds. The summed E-state index contributed by atoms with van der Waals surface area (Å²) >= 11 is 0. The molecule has 0 aliphatic rings. The van der Waals surface area contributed by atoms with Gasteiger partial charge in [-0.15, -0.1) is 0 Å². The molecule has 24 heavy (non-hydrogen) atoms. The quantitative estimate of drug-likeness (QED) is 0.765. The van der Waals surface area contributed by atoms with E-state index < -0.39 is 0 Å². The smallest absolute Gasteiger partial charge is 0.120 e. The van der Waals surface area contributed by atoms with Crippen LogP contribution in [0.25, 0.3) is 0 Å². The van der Waals surface area contributed by atoms with E-state index in [0.717, 1.165) is 30.9 Å². The minimum absolute atomic E-state index is 0.394. The number of nitrogens with zero attached hydrogens (tertiary/aromatic N) is 1. The fraction of sp³-hybridized carbons (Fsp3) is 0.350. The van der Waals surface area contributed by atoms with E-state index in [-0.39, 0.29) is 0 Å². The first kappa shape index (κ1) is 18.0. The molecule has 0 bridgehead atoms. The molecule has 1 unspecified atom stereocenters. The Morgan fingerprint density at radius 3 is 2.79 bits per heavy atom. The summed E-state index contributed by atoms with van der Waals surface area (Å²) in [6.45, 7) is 4.09. The molecule has 0 aliphatic carbocycles. The van der Waals surface area contributed by atoms with E-state index in [2.05, 4.69) is 24.4 Å². The van der Waals surface area contributed by atoms with Gasteiger partial charge in [-0.3, -0.25) is 0 Å². The molecule has 126 valence electrons. The second kappa shape index (κ2) is 9.71. The molecule has 1 N–H and O–H groups in total. The topological polar surface area (TPSA) is 54.3 Å². The molecule has 0 saturated heterocycles. The van der Waals surface area contributed by atoms with Crippen LogP contribution in [-0.2, 0) is 17.9 Å². The van der Waals surface area contributed by atoms with Gasteiger partial charge in [0.1, 0.15) is 12.4 Å². The van der Waals surface area contributed by atoms with Crippen molar-refractivity contribution in [1.82, 2.24) is 5.32 Å². The molecule has 0 saturated carbocycles. The maximum Gasteiger partial charge on any atom is 0.120 e. The van der Waals surface area contributed by atoms with Crippen molar-refractivity contribution in [3.05, 3.63) is 65.2 Å². The summed E-state index contributed by atoms with van der Waals surface area (Å²) in [4.78, 5) is 0. The molecule has 0 radical (unpaired) electrons. The van der Waals surface area contributed by atoms with Crippen LogP contribution in [0.3, 0.4) is 0 Å². The molecule has 0 aliphatic heterocycles. The highest BCUT2D eigenvalue weighted by atomic mass is 16.5. The zero-order valence-electron chi connectivity index (χ0n) is 14.3. The van der Waals surface area contributed by atoms with Crippen molar-refractivity contribution in [3.63, 3.8) is 0 Å². The maximum atomic E-state index is 9.12. The van der Waals surface area contributed by atoms with Gasteiger partial charge in [0.25, 0.3) is 0 Å². The number of nitrogens with one attached hydrogen (secondary N) is 1. The lowest BCUT2D eigenvalue weighted by Gasteiger charge is -2.14. The summed E-state index contributed by atoms with van der Waals surface area (Å²) in [5, 5.41) is 12.6. The zero-order valence-corrected chi connectivity index (χ0v) is 14.3. The summed E-state index contributed by atoms with van der Waals surface area (Å²) in [7, 11) is 1.72. The molecular formula is C20H24N2O2. The SMILES string of the molecule is COCCC(C)NCc1cccc(OCc2ccccc2C#N)c1. The molecule has 4 nitrogen and oxygen atoms in total. The number of hydrogen-bond acceptors (Lipinski definition) is 4. The van der Waals surface area contributed by atoms with Crippen LogP contribution < -0.4 is 10.1 Å². The van der Waals surface area contributed by atoms with Crippen molar-refractivity contribution < 1.29 is 9.47 Å². The van der Waals surface area contributed by atoms with E-state index in [1.807, 2.05) is 36.4 Å². The lowest BCUT2D eigenvalue weighted by Crippen LogP contribution is -2.26. The normalized spacial score (nSPS) is 11.7. The highest BCUT2D eigenvalue weighted by Crippen LogP contribution is 2.17. The summed E-state index contributed by atoms with van der Waals surface area (Å²) in [6.07, 6.45) is 0.984. The largest absolute Gasteiger partial charge is 0.489 e. The Balaban J connectivity index is 1.89. The monoisotopic (exact) mass is 324 g/mol. The summed E-state index contributed by atoms with van der Waals surface area (Å²) < 4.78 is 10.9. The van der Waals surface area contributed by atoms with Crippen LogP contribution in [0.15, 0.2) is 48.5 Å². The molecule has 2 aromatic rings. The van der Waals surface area contributed by atoms with Crippen molar-refractivity contribution in [2.24, 2.45) is 0 Å². The fourth-order valence-electron chi connectivity index (χ4n) is 2.35. The first-order chi connectivity index (χ1) is 11.7. The lowest BCUT2D eigenvalue weighted by atomic mass is 10.1. The van der Waals surface area contributed by atoms with E-state index in [1.54, 1.807) is 13.2 Å². The van der Waals surface area contributed by atoms with E-state index in [4.69, 9.17) is 14.7 Å². The zero-order chi connectivity index (χ0) is 17.2. The number of hydrogen-bond donors (Lipinski definition) is 1. The van der Waals surface area contributed by atoms with Gasteiger partial charge in [0, 0.05) is 31.9 Å². The average Bonchev–Trinajstić information content (AvgIpc) is 2.63. The van der Waals surface area contributed by atoms with Gasteiger partial charge in [-0.05, 0) is 37.1 Å². The Hall–Kier alpha value is -2.35. The van der Waals surface area contributed by atoms with Crippen molar-refractivity contribution in [2.75, 3.05) is 13.7 Å². The van der Waals surface area contributed by atoms with Crippen molar-refractivity contribution in [3.8, 4) is 11.8 Å². The van der Waals surface area contributed by atoms with Crippen LogP contribution in [0.1, 0.15) is 30.0 Å². The molecular weight excluding hydrogens is 300 g/mol. The van der Waals surface area contributed by atoms with Crippen LogP contribution >= 0.6 is 0 Å². The van der Waals surface area contributed by atoms with E-state index >= 15 is 0 Å². The molecule has 2 rings (SSSR count). The Kier molecular flexibility index (Phi) is 7.28. The second-order valence-electron chi connectivity index (χ2n) is 5.77. The Morgan fingerprint density at radius 1 is 1.17 bits per heavy atom. The van der Waals surface area contributed by atoms with Gasteiger partial charge < -0.3 is 14.8 Å². The minimum atomic E-state index is 0.394. The van der Waals surface area contributed by atoms with Crippen LogP contribution in [0.2, 0.25) is 0 Å². The van der Waals surface area contributed by atoms with Crippen molar-refractivity contribution >= 4 is 0 Å². The van der Waals surface area contributed by atoms with Gasteiger partial charge in [0.2, 0.25) is 0 Å². The highest BCUT2D eigenvalue weighted by Gasteiger charge is 2.04. The van der Waals surface area contributed by atoms with Crippen LogP contribution in [0.5, 0.6) is 5.75 Å². The standard InChI is InChI=1S/C20H24N2O2/c1-16(10-11-23-2)22-14-17-6-5-9-20(12-17)24-15-19-8-4-3-7-18(19)13-21/h3-9,12,16,22H,10-11,14-15H2,1-2H3. The van der Waals surface area contributed by atoms with Crippen molar-refractivity contribution in [1.29, 1.82) is 5.26 Å². The Morgan fingerprint density at radius 2 is 2.00 bits per heavy atom. The van der Waals surface area contributed by atoms with Gasteiger partial charge in [-0.1, -0.05) is 30.3 Å². The predicted octanol–water partition coefficient (Wildman–Crippen LogP) is 3.65. The average molecular weight is 324 g/mol. The summed E-state index contributed by atoms with van der Waals surface area (Å²) in [5.74, 6) is 0.812. The summed E-state index contributed by atoms with van der Waals surface area (Å²) in [5.41, 5.74) is 2.73. The Bertz CT molecular complexity index is 679. The number of nitriles is 1. The van der Waals surface area contributed by atoms with E-state index in [0.29, 0.717) is 18.2 Å². The third-order valence-electron chi connectivity index (χ3n) is 3.84. The predicted molar refractivity (Wildman–Crippen MR) is 94.7 cm³/mol. The molecule has 1 atom stereocenters. The molecule has 0 heterocycles. The van der Waals surface area contributed by atoms with Gasteiger partial charge in [-0.25, -0.2) is 0 Å². The molecule has 0 aromatic heterocycles. The maximum absolute atomic E-state index is 9.12. The number of rotatable bonds is 9. The number of ether oxygens (including phenoxy) is 2. The van der Waals surface area contributed by atoms with E-state index in [1.165, 1.54) is 5.56 Å². The number of methoxy groups -OCH3 is 1. The first-order valence-corrected chi connectivity index (χ1v) is 8.15. The van der Waals surface area contributed by atoms with Gasteiger partial charge in [0.05, 0.1) is 11.6 Å². The summed E-state index contributed by atoms with van der Waals surface area (Å²) in [6, 6.07) is 18.1. The molecule has 0 spiro atoms. The van der Waals surface area contributed by atoms with Crippen molar-refractivity contribution in [2.45, 2.75) is 32.5 Å². The van der Waals surface area contributed by atoms with Gasteiger partial charge in [0.15, 0.2) is 0 Å². The first-order valence-electron chi connectivity index (χ1n) is 8.15. The molecule has 4 heteroatoms. The van der Waals surface area contributed by atoms with Crippen LogP contribution in [-0.4, -0.2) is 19.8 Å². The van der Waals surface area contributed by atoms with Crippen LogP contribution in [0, 0.1) is 11.3 Å². The molecule has 0 fully saturated rings. The van der Waals surface area contributed by atoms with E-state index in [9.17, 15) is 0 Å². The third-order valence-corrected chi connectivity index (χ3v) is 3.84. The van der Waals surface area contributed by atoms with Gasteiger partial charge in [-0.2, -0.15) is 5.26 Å². The lowest BCUT2D eigenvalue weighted by molar-refractivity contribution is 0.184. The molecule has 2 aromatic carbocycles. The second-order valence-corrected chi connectivity index (χ2v) is 5.77.